The van der Waals surface area contributed by atoms with E-state index in [4.69, 9.17) is 17.0 Å². The van der Waals surface area contributed by atoms with Crippen molar-refractivity contribution in [3.8, 4) is 17.6 Å². The van der Waals surface area contributed by atoms with E-state index in [0.29, 0.717) is 6.42 Å². The van der Waals surface area contributed by atoms with E-state index < -0.39 is 0 Å². The van der Waals surface area contributed by atoms with Crippen LogP contribution in [0.1, 0.15) is 23.5 Å². The van der Waals surface area contributed by atoms with Gasteiger partial charge in [0.15, 0.2) is 0 Å². The summed E-state index contributed by atoms with van der Waals surface area (Å²) in [6.07, 6.45) is 0.697. The molecule has 0 N–H and O–H groups in total. The SMILES string of the molecule is COc1ccccc1[C@@H](C#Cc1ccccc1)CC(=S)N(C)C. The third-order valence-corrected chi connectivity index (χ3v) is 4.09. The molecule has 118 valence electrons. The topological polar surface area (TPSA) is 12.5 Å². The molecule has 0 aromatic heterocycles. The normalized spacial score (nSPS) is 11.1. The lowest BCUT2D eigenvalue weighted by atomic mass is 9.94. The minimum atomic E-state index is 0.00116. The van der Waals surface area contributed by atoms with Crippen LogP contribution in [0.25, 0.3) is 0 Å². The Morgan fingerprint density at radius 3 is 2.39 bits per heavy atom. The molecule has 0 heterocycles. The maximum atomic E-state index is 5.50. The second-order valence-electron chi connectivity index (χ2n) is 5.42. The number of nitrogens with zero attached hydrogens (tertiary/aromatic N) is 1. The van der Waals surface area contributed by atoms with Gasteiger partial charge >= 0.3 is 0 Å². The standard InChI is InChI=1S/C20H21NOS/c1-21(2)20(23)15-17(14-13-16-9-5-4-6-10-16)18-11-7-8-12-19(18)22-3/h4-12,17H,15H2,1-3H3/t17-/m0/s1. The fourth-order valence-corrected chi connectivity index (χ4v) is 2.41. The predicted octanol–water partition coefficient (Wildman–Crippen LogP) is 4.11. The first-order valence-corrected chi connectivity index (χ1v) is 7.92. The van der Waals surface area contributed by atoms with Crippen molar-refractivity contribution < 1.29 is 4.74 Å². The van der Waals surface area contributed by atoms with Gasteiger partial charge in [-0.3, -0.25) is 0 Å². The molecule has 0 saturated carbocycles. The number of rotatable bonds is 4. The highest BCUT2D eigenvalue weighted by molar-refractivity contribution is 7.80. The van der Waals surface area contributed by atoms with Gasteiger partial charge in [0, 0.05) is 31.6 Å². The third kappa shape index (κ3) is 4.84. The highest BCUT2D eigenvalue weighted by Gasteiger charge is 2.16. The lowest BCUT2D eigenvalue weighted by Gasteiger charge is -2.19. The minimum Gasteiger partial charge on any atom is -0.496 e. The van der Waals surface area contributed by atoms with Gasteiger partial charge in [-0.25, -0.2) is 0 Å². The van der Waals surface area contributed by atoms with E-state index in [0.717, 1.165) is 21.9 Å². The maximum Gasteiger partial charge on any atom is 0.123 e. The summed E-state index contributed by atoms with van der Waals surface area (Å²) in [7, 11) is 5.61. The van der Waals surface area contributed by atoms with Gasteiger partial charge in [-0.1, -0.05) is 60.5 Å². The number of hydrogen-bond acceptors (Lipinski definition) is 2. The van der Waals surface area contributed by atoms with Gasteiger partial charge in [0.25, 0.3) is 0 Å². The Balaban J connectivity index is 2.36. The van der Waals surface area contributed by atoms with E-state index in [1.807, 2.05) is 67.5 Å². The summed E-state index contributed by atoms with van der Waals surface area (Å²) in [6.45, 7) is 0. The first-order chi connectivity index (χ1) is 11.1. The van der Waals surface area contributed by atoms with Crippen molar-refractivity contribution in [1.82, 2.24) is 4.90 Å². The lowest BCUT2D eigenvalue weighted by Crippen LogP contribution is -2.21. The van der Waals surface area contributed by atoms with Gasteiger partial charge in [-0.05, 0) is 18.2 Å². The number of ether oxygens (including phenoxy) is 1. The van der Waals surface area contributed by atoms with Crippen molar-refractivity contribution in [2.75, 3.05) is 21.2 Å². The Morgan fingerprint density at radius 1 is 1.09 bits per heavy atom. The van der Waals surface area contributed by atoms with E-state index in [2.05, 4.69) is 17.9 Å². The number of para-hydroxylation sites is 1. The second kappa shape index (κ2) is 8.36. The summed E-state index contributed by atoms with van der Waals surface area (Å²) in [5, 5.41) is 0. The number of thiocarbonyl (C=S) groups is 1. The smallest absolute Gasteiger partial charge is 0.123 e. The summed E-state index contributed by atoms with van der Waals surface area (Å²) >= 11 is 5.48. The van der Waals surface area contributed by atoms with Gasteiger partial charge in [-0.15, -0.1) is 0 Å². The van der Waals surface area contributed by atoms with Crippen LogP contribution in [0.4, 0.5) is 0 Å². The van der Waals surface area contributed by atoms with E-state index in [-0.39, 0.29) is 5.92 Å². The van der Waals surface area contributed by atoms with Gasteiger partial charge in [0.2, 0.25) is 0 Å². The average molecular weight is 323 g/mol. The first-order valence-electron chi connectivity index (χ1n) is 7.51. The molecule has 0 amide bonds. The zero-order valence-corrected chi connectivity index (χ0v) is 14.6. The highest BCUT2D eigenvalue weighted by Crippen LogP contribution is 2.29. The molecule has 2 aromatic rings. The van der Waals surface area contributed by atoms with Crippen LogP contribution in [0.2, 0.25) is 0 Å². The molecule has 1 atom stereocenters. The largest absolute Gasteiger partial charge is 0.496 e. The molecule has 2 rings (SSSR count). The zero-order valence-electron chi connectivity index (χ0n) is 13.7. The molecule has 2 aromatic carbocycles. The first kappa shape index (κ1) is 17.1. The van der Waals surface area contributed by atoms with E-state index in [1.54, 1.807) is 7.11 Å². The van der Waals surface area contributed by atoms with Crippen LogP contribution in [0.15, 0.2) is 54.6 Å². The summed E-state index contributed by atoms with van der Waals surface area (Å²) in [5.41, 5.74) is 2.07. The Kier molecular flexibility index (Phi) is 6.19. The molecular weight excluding hydrogens is 302 g/mol. The average Bonchev–Trinajstić information content (AvgIpc) is 2.59. The second-order valence-corrected chi connectivity index (χ2v) is 5.89. The van der Waals surface area contributed by atoms with Gasteiger partial charge < -0.3 is 9.64 Å². The third-order valence-electron chi connectivity index (χ3n) is 3.56. The van der Waals surface area contributed by atoms with Crippen molar-refractivity contribution in [3.05, 3.63) is 65.7 Å². The van der Waals surface area contributed by atoms with E-state index >= 15 is 0 Å². The van der Waals surface area contributed by atoms with Crippen molar-refractivity contribution in [2.45, 2.75) is 12.3 Å². The molecule has 0 bridgehead atoms. The summed E-state index contributed by atoms with van der Waals surface area (Å²) < 4.78 is 5.50. The van der Waals surface area contributed by atoms with Crippen LogP contribution in [-0.4, -0.2) is 31.1 Å². The molecule has 0 unspecified atom stereocenters. The van der Waals surface area contributed by atoms with Crippen LogP contribution < -0.4 is 4.74 Å². The fraction of sp³-hybridized carbons (Fsp3) is 0.250. The molecule has 0 aliphatic heterocycles. The zero-order chi connectivity index (χ0) is 16.7. The summed E-state index contributed by atoms with van der Waals surface area (Å²) in [4.78, 5) is 2.84. The van der Waals surface area contributed by atoms with E-state index in [9.17, 15) is 0 Å². The minimum absolute atomic E-state index is 0.00116. The van der Waals surface area contributed by atoms with E-state index in [1.165, 1.54) is 0 Å². The van der Waals surface area contributed by atoms with Gasteiger partial charge in [0.1, 0.15) is 5.75 Å². The van der Waals surface area contributed by atoms with Crippen molar-refractivity contribution in [3.63, 3.8) is 0 Å². The van der Waals surface area contributed by atoms with Gasteiger partial charge in [0.05, 0.1) is 18.0 Å². The lowest BCUT2D eigenvalue weighted by molar-refractivity contribution is 0.408. The number of benzene rings is 2. The molecule has 23 heavy (non-hydrogen) atoms. The Bertz CT molecular complexity index is 713. The van der Waals surface area contributed by atoms with Crippen LogP contribution in [0.3, 0.4) is 0 Å². The van der Waals surface area contributed by atoms with Gasteiger partial charge in [-0.2, -0.15) is 0 Å². The molecule has 0 aliphatic carbocycles. The molecule has 0 fully saturated rings. The van der Waals surface area contributed by atoms with Crippen LogP contribution >= 0.6 is 12.2 Å². The Labute approximate surface area is 144 Å². The predicted molar refractivity (Wildman–Crippen MR) is 100.0 cm³/mol. The molecule has 0 radical (unpaired) electrons. The molecule has 0 saturated heterocycles. The summed E-state index contributed by atoms with van der Waals surface area (Å²) in [6, 6.07) is 18.0. The molecular formula is C20H21NOS. The fourth-order valence-electron chi connectivity index (χ4n) is 2.24. The quantitative estimate of drug-likeness (QED) is 0.620. The molecule has 0 aliphatic rings. The summed E-state index contributed by atoms with van der Waals surface area (Å²) in [5.74, 6) is 7.47. The molecule has 3 heteroatoms. The molecule has 2 nitrogen and oxygen atoms in total. The van der Waals surface area contributed by atoms with Crippen molar-refractivity contribution >= 4 is 17.2 Å². The van der Waals surface area contributed by atoms with Crippen LogP contribution in [-0.2, 0) is 0 Å². The monoisotopic (exact) mass is 323 g/mol. The van der Waals surface area contributed by atoms with Crippen LogP contribution in [0, 0.1) is 11.8 Å². The highest BCUT2D eigenvalue weighted by atomic mass is 32.1. The number of methoxy groups -OCH3 is 1. The number of hydrogen-bond donors (Lipinski definition) is 0. The van der Waals surface area contributed by atoms with Crippen LogP contribution in [0.5, 0.6) is 5.75 Å². The Hall–Kier alpha value is -2.31. The molecule has 0 spiro atoms. The maximum absolute atomic E-state index is 5.50. The van der Waals surface area contributed by atoms with Crippen molar-refractivity contribution in [1.29, 1.82) is 0 Å². The van der Waals surface area contributed by atoms with Crippen molar-refractivity contribution in [2.24, 2.45) is 0 Å². The Morgan fingerprint density at radius 2 is 1.74 bits per heavy atom.